The molecule has 112 valence electrons. The van der Waals surface area contributed by atoms with Crippen molar-refractivity contribution in [1.82, 2.24) is 9.38 Å². The van der Waals surface area contributed by atoms with Crippen LogP contribution in [0.5, 0.6) is 0 Å². The zero-order chi connectivity index (χ0) is 15.7. The normalized spacial score (nSPS) is 10.9. The smallest absolute Gasteiger partial charge is 0.230 e. The molecule has 0 atom stereocenters. The number of carbonyl (C=O) groups excluding carboxylic acids is 1. The molecule has 0 bridgehead atoms. The SMILES string of the molecule is Cc1ccc(Cl)cc1NC(=O)Cc1cn2cccc(C)c2n1. The summed E-state index contributed by atoms with van der Waals surface area (Å²) in [6, 6.07) is 9.40. The molecule has 1 N–H and O–H groups in total. The van der Waals surface area contributed by atoms with Gasteiger partial charge in [-0.25, -0.2) is 4.98 Å². The van der Waals surface area contributed by atoms with Crippen molar-refractivity contribution in [3.63, 3.8) is 0 Å². The summed E-state index contributed by atoms with van der Waals surface area (Å²) in [5, 5.41) is 3.49. The third-order valence-corrected chi connectivity index (χ3v) is 3.78. The Hall–Kier alpha value is -2.33. The van der Waals surface area contributed by atoms with Crippen LogP contribution in [0.25, 0.3) is 5.65 Å². The number of benzene rings is 1. The Balaban J connectivity index is 1.78. The fraction of sp³-hybridized carbons (Fsp3) is 0.176. The Morgan fingerprint density at radius 1 is 1.27 bits per heavy atom. The molecular formula is C17H16ClN3O. The number of hydrogen-bond acceptors (Lipinski definition) is 2. The van der Waals surface area contributed by atoms with Gasteiger partial charge < -0.3 is 9.72 Å². The lowest BCUT2D eigenvalue weighted by atomic mass is 10.2. The monoisotopic (exact) mass is 313 g/mol. The quantitative estimate of drug-likeness (QED) is 0.799. The number of fused-ring (bicyclic) bond motifs is 1. The second-order valence-corrected chi connectivity index (χ2v) is 5.77. The van der Waals surface area contributed by atoms with Gasteiger partial charge in [-0.1, -0.05) is 23.7 Å². The van der Waals surface area contributed by atoms with E-state index in [1.165, 1.54) is 0 Å². The lowest BCUT2D eigenvalue weighted by Gasteiger charge is -2.07. The number of aromatic nitrogens is 2. The van der Waals surface area contributed by atoms with Gasteiger partial charge in [0.2, 0.25) is 5.91 Å². The molecule has 3 aromatic rings. The molecule has 1 amide bonds. The van der Waals surface area contributed by atoms with Gasteiger partial charge in [-0.15, -0.1) is 0 Å². The van der Waals surface area contributed by atoms with E-state index in [1.807, 2.05) is 48.8 Å². The minimum Gasteiger partial charge on any atom is -0.325 e. The van der Waals surface area contributed by atoms with E-state index >= 15 is 0 Å². The van der Waals surface area contributed by atoms with Crippen molar-refractivity contribution in [2.24, 2.45) is 0 Å². The van der Waals surface area contributed by atoms with Crippen molar-refractivity contribution >= 4 is 28.8 Å². The molecule has 0 fully saturated rings. The van der Waals surface area contributed by atoms with Gasteiger partial charge in [0.25, 0.3) is 0 Å². The molecular weight excluding hydrogens is 298 g/mol. The molecule has 0 spiro atoms. The highest BCUT2D eigenvalue weighted by atomic mass is 35.5. The summed E-state index contributed by atoms with van der Waals surface area (Å²) in [6.07, 6.45) is 4.04. The van der Waals surface area contributed by atoms with Gasteiger partial charge in [0.1, 0.15) is 5.65 Å². The van der Waals surface area contributed by atoms with Crippen molar-refractivity contribution in [2.75, 3.05) is 5.32 Å². The molecule has 0 aliphatic rings. The van der Waals surface area contributed by atoms with Crippen LogP contribution in [0.1, 0.15) is 16.8 Å². The van der Waals surface area contributed by atoms with Crippen molar-refractivity contribution < 1.29 is 4.79 Å². The van der Waals surface area contributed by atoms with Gasteiger partial charge >= 0.3 is 0 Å². The Bertz CT molecular complexity index is 854. The van der Waals surface area contributed by atoms with E-state index in [-0.39, 0.29) is 12.3 Å². The summed E-state index contributed by atoms with van der Waals surface area (Å²) in [5.74, 6) is -0.105. The van der Waals surface area contributed by atoms with Crippen molar-refractivity contribution in [2.45, 2.75) is 20.3 Å². The number of aryl methyl sites for hydroxylation is 2. The van der Waals surface area contributed by atoms with Crippen LogP contribution < -0.4 is 5.32 Å². The third-order valence-electron chi connectivity index (χ3n) is 3.54. The number of amides is 1. The average molecular weight is 314 g/mol. The van der Waals surface area contributed by atoms with E-state index in [9.17, 15) is 4.79 Å². The minimum atomic E-state index is -0.105. The van der Waals surface area contributed by atoms with Crippen molar-refractivity contribution in [1.29, 1.82) is 0 Å². The van der Waals surface area contributed by atoms with Crippen LogP contribution in [0, 0.1) is 13.8 Å². The summed E-state index contributed by atoms with van der Waals surface area (Å²) in [5.41, 5.74) is 4.41. The predicted molar refractivity (Wildman–Crippen MR) is 88.5 cm³/mol. The molecule has 0 unspecified atom stereocenters. The Morgan fingerprint density at radius 3 is 2.86 bits per heavy atom. The molecule has 0 saturated heterocycles. The van der Waals surface area contributed by atoms with Crippen LogP contribution in [-0.2, 0) is 11.2 Å². The number of carbonyl (C=O) groups is 1. The first kappa shape index (κ1) is 14.6. The van der Waals surface area contributed by atoms with Crippen LogP contribution in [0.4, 0.5) is 5.69 Å². The topological polar surface area (TPSA) is 46.4 Å². The Kier molecular flexibility index (Phi) is 3.86. The number of halogens is 1. The van der Waals surface area contributed by atoms with Crippen LogP contribution in [0.15, 0.2) is 42.7 Å². The lowest BCUT2D eigenvalue weighted by Crippen LogP contribution is -2.15. The standard InChI is InChI=1S/C17H16ClN3O/c1-11-5-6-13(18)8-15(11)20-16(22)9-14-10-21-7-3-4-12(2)17(21)19-14/h3-8,10H,9H2,1-2H3,(H,20,22). The number of nitrogens with one attached hydrogen (secondary N) is 1. The number of pyridine rings is 1. The number of imidazole rings is 1. The molecule has 4 nitrogen and oxygen atoms in total. The van der Waals surface area contributed by atoms with E-state index in [4.69, 9.17) is 11.6 Å². The summed E-state index contributed by atoms with van der Waals surface area (Å²) >= 11 is 5.96. The fourth-order valence-electron chi connectivity index (χ4n) is 2.38. The second-order valence-electron chi connectivity index (χ2n) is 5.34. The maximum Gasteiger partial charge on any atom is 0.230 e. The molecule has 3 rings (SSSR count). The van der Waals surface area contributed by atoms with Gasteiger partial charge in [-0.2, -0.15) is 0 Å². The molecule has 2 aromatic heterocycles. The molecule has 5 heteroatoms. The van der Waals surface area contributed by atoms with E-state index < -0.39 is 0 Å². The molecule has 1 aromatic carbocycles. The number of anilines is 1. The lowest BCUT2D eigenvalue weighted by molar-refractivity contribution is -0.115. The van der Waals surface area contributed by atoms with Crippen LogP contribution in [-0.4, -0.2) is 15.3 Å². The zero-order valence-corrected chi connectivity index (χ0v) is 13.2. The van der Waals surface area contributed by atoms with Crippen LogP contribution >= 0.6 is 11.6 Å². The first-order valence-electron chi connectivity index (χ1n) is 7.02. The molecule has 2 heterocycles. The molecule has 0 aliphatic carbocycles. The molecule has 0 saturated carbocycles. The van der Waals surface area contributed by atoms with Crippen LogP contribution in [0.3, 0.4) is 0 Å². The summed E-state index contributed by atoms with van der Waals surface area (Å²) in [6.45, 7) is 3.93. The van der Waals surface area contributed by atoms with Gasteiger partial charge in [0.15, 0.2) is 0 Å². The van der Waals surface area contributed by atoms with Gasteiger partial charge in [-0.05, 0) is 43.2 Å². The Labute approximate surface area is 133 Å². The van der Waals surface area contributed by atoms with Gasteiger partial charge in [0, 0.05) is 23.1 Å². The molecule has 0 aliphatic heterocycles. The molecule has 22 heavy (non-hydrogen) atoms. The largest absolute Gasteiger partial charge is 0.325 e. The fourth-order valence-corrected chi connectivity index (χ4v) is 2.55. The minimum absolute atomic E-state index is 0.105. The predicted octanol–water partition coefficient (Wildman–Crippen LogP) is 3.79. The van der Waals surface area contributed by atoms with E-state index in [0.29, 0.717) is 5.02 Å². The highest BCUT2D eigenvalue weighted by Gasteiger charge is 2.10. The number of nitrogens with zero attached hydrogens (tertiary/aromatic N) is 2. The highest BCUT2D eigenvalue weighted by molar-refractivity contribution is 6.31. The zero-order valence-electron chi connectivity index (χ0n) is 12.4. The third kappa shape index (κ3) is 2.97. The summed E-state index contributed by atoms with van der Waals surface area (Å²) in [4.78, 5) is 16.7. The van der Waals surface area contributed by atoms with E-state index in [1.54, 1.807) is 12.1 Å². The van der Waals surface area contributed by atoms with Gasteiger partial charge in [-0.3, -0.25) is 4.79 Å². The maximum atomic E-state index is 12.2. The number of hydrogen-bond donors (Lipinski definition) is 1. The van der Waals surface area contributed by atoms with E-state index in [2.05, 4.69) is 10.3 Å². The van der Waals surface area contributed by atoms with Crippen molar-refractivity contribution in [3.05, 3.63) is 64.6 Å². The highest BCUT2D eigenvalue weighted by Crippen LogP contribution is 2.20. The Morgan fingerprint density at radius 2 is 2.09 bits per heavy atom. The molecule has 0 radical (unpaired) electrons. The van der Waals surface area contributed by atoms with Gasteiger partial charge in [0.05, 0.1) is 12.1 Å². The number of rotatable bonds is 3. The average Bonchev–Trinajstić information content (AvgIpc) is 2.86. The summed E-state index contributed by atoms with van der Waals surface area (Å²) < 4.78 is 1.93. The van der Waals surface area contributed by atoms with Crippen LogP contribution in [0.2, 0.25) is 5.02 Å². The maximum absolute atomic E-state index is 12.2. The summed E-state index contributed by atoms with van der Waals surface area (Å²) in [7, 11) is 0. The second kappa shape index (κ2) is 5.81. The van der Waals surface area contributed by atoms with E-state index in [0.717, 1.165) is 28.2 Å². The first-order chi connectivity index (χ1) is 10.5. The van der Waals surface area contributed by atoms with Crippen molar-refractivity contribution in [3.8, 4) is 0 Å². The first-order valence-corrected chi connectivity index (χ1v) is 7.40.